The van der Waals surface area contributed by atoms with Gasteiger partial charge in [-0.2, -0.15) is 0 Å². The summed E-state index contributed by atoms with van der Waals surface area (Å²) >= 11 is 1.76. The van der Waals surface area contributed by atoms with Crippen molar-refractivity contribution in [2.75, 3.05) is 11.9 Å². The van der Waals surface area contributed by atoms with E-state index >= 15 is 0 Å². The van der Waals surface area contributed by atoms with Crippen molar-refractivity contribution in [1.29, 1.82) is 0 Å². The smallest absolute Gasteiger partial charge is 0.335 e. The van der Waals surface area contributed by atoms with E-state index in [9.17, 15) is 4.79 Å². The first-order valence-electron chi connectivity index (χ1n) is 6.52. The van der Waals surface area contributed by atoms with Crippen molar-refractivity contribution in [3.05, 3.63) is 51.7 Å². The molecule has 0 aliphatic rings. The van der Waals surface area contributed by atoms with Crippen molar-refractivity contribution in [2.24, 2.45) is 0 Å². The number of aryl methyl sites for hydroxylation is 1. The van der Waals surface area contributed by atoms with Crippen LogP contribution < -0.4 is 5.32 Å². The number of rotatable bonds is 5. The fourth-order valence-electron chi connectivity index (χ4n) is 2.09. The first-order chi connectivity index (χ1) is 9.40. The molecule has 2 rings (SSSR count). The minimum absolute atomic E-state index is 0.0491. The molecule has 1 aromatic heterocycles. The van der Waals surface area contributed by atoms with Crippen LogP contribution in [-0.4, -0.2) is 17.6 Å². The molecule has 2 N–H and O–H groups in total. The van der Waals surface area contributed by atoms with E-state index in [1.165, 1.54) is 4.88 Å². The van der Waals surface area contributed by atoms with E-state index in [1.807, 2.05) is 19.1 Å². The summed E-state index contributed by atoms with van der Waals surface area (Å²) in [4.78, 5) is 12.3. The third kappa shape index (κ3) is 3.20. The highest BCUT2D eigenvalue weighted by Crippen LogP contribution is 2.28. The summed E-state index contributed by atoms with van der Waals surface area (Å²) in [5.41, 5.74) is 2.13. The minimum Gasteiger partial charge on any atom is -0.478 e. The monoisotopic (exact) mass is 289 g/mol. The maximum atomic E-state index is 11.0. The zero-order valence-corrected chi connectivity index (χ0v) is 12.8. The van der Waals surface area contributed by atoms with Gasteiger partial charge in [0.1, 0.15) is 0 Å². The largest absolute Gasteiger partial charge is 0.478 e. The van der Waals surface area contributed by atoms with Gasteiger partial charge in [0.15, 0.2) is 0 Å². The predicted octanol–water partition coefficient (Wildman–Crippen LogP) is 4.14. The Bertz CT molecular complexity index is 603. The molecule has 0 saturated carbocycles. The van der Waals surface area contributed by atoms with Crippen LogP contribution in [0.2, 0.25) is 0 Å². The number of hydrogen-bond acceptors (Lipinski definition) is 3. The Hall–Kier alpha value is -1.81. The number of carboxylic acid groups (broad SMARTS) is 1. The van der Waals surface area contributed by atoms with E-state index in [4.69, 9.17) is 5.11 Å². The summed E-state index contributed by atoms with van der Waals surface area (Å²) in [5, 5.41) is 14.5. The van der Waals surface area contributed by atoms with Gasteiger partial charge in [0, 0.05) is 22.5 Å². The van der Waals surface area contributed by atoms with Crippen molar-refractivity contribution in [3.63, 3.8) is 0 Å². The van der Waals surface area contributed by atoms with Gasteiger partial charge in [0.05, 0.1) is 5.56 Å². The van der Waals surface area contributed by atoms with E-state index in [0.717, 1.165) is 17.8 Å². The fraction of sp³-hybridized carbons (Fsp3) is 0.312. The molecule has 0 fully saturated rings. The van der Waals surface area contributed by atoms with Gasteiger partial charge in [-0.05, 0) is 42.1 Å². The number of carboxylic acids is 1. The number of aromatic carboxylic acids is 1. The highest BCUT2D eigenvalue weighted by Gasteiger charge is 2.21. The fourth-order valence-corrected chi connectivity index (χ4v) is 2.94. The second-order valence-corrected chi connectivity index (χ2v) is 6.50. The van der Waals surface area contributed by atoms with Crippen molar-refractivity contribution >= 4 is 23.0 Å². The molecule has 0 spiro atoms. The highest BCUT2D eigenvalue weighted by atomic mass is 32.1. The Morgan fingerprint density at radius 3 is 2.65 bits per heavy atom. The molecule has 0 atom stereocenters. The number of anilines is 1. The van der Waals surface area contributed by atoms with Crippen LogP contribution >= 0.6 is 11.3 Å². The lowest BCUT2D eigenvalue weighted by atomic mass is 9.91. The lowest BCUT2D eigenvalue weighted by molar-refractivity contribution is 0.0696. The molecule has 0 amide bonds. The van der Waals surface area contributed by atoms with Crippen molar-refractivity contribution < 1.29 is 9.90 Å². The highest BCUT2D eigenvalue weighted by molar-refractivity contribution is 7.10. The molecule has 0 bridgehead atoms. The van der Waals surface area contributed by atoms with E-state index in [-0.39, 0.29) is 5.41 Å². The number of carbonyl (C=O) groups is 1. The molecule has 0 unspecified atom stereocenters. The Balaban J connectivity index is 2.08. The first kappa shape index (κ1) is 14.6. The lowest BCUT2D eigenvalue weighted by Gasteiger charge is -2.24. The average molecular weight is 289 g/mol. The van der Waals surface area contributed by atoms with Gasteiger partial charge in [-0.25, -0.2) is 4.79 Å². The van der Waals surface area contributed by atoms with Gasteiger partial charge in [0.25, 0.3) is 0 Å². The van der Waals surface area contributed by atoms with Gasteiger partial charge in [-0.3, -0.25) is 0 Å². The normalized spacial score (nSPS) is 11.3. The van der Waals surface area contributed by atoms with Crippen LogP contribution in [0.1, 0.15) is 34.6 Å². The van der Waals surface area contributed by atoms with Crippen LogP contribution in [0, 0.1) is 6.92 Å². The molecule has 1 aromatic carbocycles. The second kappa shape index (κ2) is 5.67. The summed E-state index contributed by atoms with van der Waals surface area (Å²) in [6.45, 7) is 7.02. The molecule has 4 heteroatoms. The van der Waals surface area contributed by atoms with Crippen LogP contribution in [-0.2, 0) is 5.41 Å². The summed E-state index contributed by atoms with van der Waals surface area (Å²) in [6.07, 6.45) is 0. The van der Waals surface area contributed by atoms with E-state index in [0.29, 0.717) is 5.56 Å². The summed E-state index contributed by atoms with van der Waals surface area (Å²) < 4.78 is 0. The van der Waals surface area contributed by atoms with Gasteiger partial charge in [-0.1, -0.05) is 19.9 Å². The SMILES string of the molecule is Cc1cc(NCC(C)(C)c2cccs2)ccc1C(=O)O. The third-order valence-corrected chi connectivity index (χ3v) is 4.62. The molecular weight excluding hydrogens is 270 g/mol. The maximum absolute atomic E-state index is 11.0. The van der Waals surface area contributed by atoms with Crippen molar-refractivity contribution in [1.82, 2.24) is 0 Å². The number of benzene rings is 1. The zero-order chi connectivity index (χ0) is 14.8. The van der Waals surface area contributed by atoms with Crippen LogP contribution in [0.3, 0.4) is 0 Å². The zero-order valence-electron chi connectivity index (χ0n) is 11.9. The quantitative estimate of drug-likeness (QED) is 0.869. The molecule has 3 nitrogen and oxygen atoms in total. The Morgan fingerprint density at radius 2 is 2.10 bits per heavy atom. The molecule has 0 aliphatic heterocycles. The third-order valence-electron chi connectivity index (χ3n) is 3.38. The molecule has 2 aromatic rings. The minimum atomic E-state index is -0.882. The summed E-state index contributed by atoms with van der Waals surface area (Å²) in [5.74, 6) is -0.882. The van der Waals surface area contributed by atoms with Crippen LogP contribution in [0.5, 0.6) is 0 Å². The molecule has 0 aliphatic carbocycles. The predicted molar refractivity (Wildman–Crippen MR) is 84.0 cm³/mol. The van der Waals surface area contributed by atoms with Gasteiger partial charge in [0.2, 0.25) is 0 Å². The molecular formula is C16H19NO2S. The summed E-state index contributed by atoms with van der Waals surface area (Å²) in [6, 6.07) is 9.56. The van der Waals surface area contributed by atoms with Crippen LogP contribution in [0.25, 0.3) is 0 Å². The number of nitrogens with one attached hydrogen (secondary N) is 1. The lowest BCUT2D eigenvalue weighted by Crippen LogP contribution is -2.26. The molecule has 0 saturated heterocycles. The van der Waals surface area contributed by atoms with Crippen LogP contribution in [0.15, 0.2) is 35.7 Å². The Labute approximate surface area is 123 Å². The Morgan fingerprint density at radius 1 is 1.35 bits per heavy atom. The van der Waals surface area contributed by atoms with Gasteiger partial charge in [-0.15, -0.1) is 11.3 Å². The first-order valence-corrected chi connectivity index (χ1v) is 7.40. The topological polar surface area (TPSA) is 49.3 Å². The summed E-state index contributed by atoms with van der Waals surface area (Å²) in [7, 11) is 0. The molecule has 0 radical (unpaired) electrons. The average Bonchev–Trinajstić information content (AvgIpc) is 2.90. The van der Waals surface area contributed by atoms with Gasteiger partial charge >= 0.3 is 5.97 Å². The van der Waals surface area contributed by atoms with Crippen LogP contribution in [0.4, 0.5) is 5.69 Å². The molecule has 20 heavy (non-hydrogen) atoms. The molecule has 106 valence electrons. The Kier molecular flexibility index (Phi) is 4.14. The van der Waals surface area contributed by atoms with Crippen molar-refractivity contribution in [3.8, 4) is 0 Å². The standard InChI is InChI=1S/C16H19NO2S/c1-11-9-12(6-7-13(11)15(18)19)17-10-16(2,3)14-5-4-8-20-14/h4-9,17H,10H2,1-3H3,(H,18,19). The van der Waals surface area contributed by atoms with E-state index < -0.39 is 5.97 Å². The number of hydrogen-bond donors (Lipinski definition) is 2. The van der Waals surface area contributed by atoms with Gasteiger partial charge < -0.3 is 10.4 Å². The second-order valence-electron chi connectivity index (χ2n) is 5.55. The maximum Gasteiger partial charge on any atom is 0.335 e. The molecule has 1 heterocycles. The van der Waals surface area contributed by atoms with E-state index in [2.05, 4.69) is 36.7 Å². The number of thiophene rings is 1. The van der Waals surface area contributed by atoms with Crippen molar-refractivity contribution in [2.45, 2.75) is 26.2 Å². The van der Waals surface area contributed by atoms with E-state index in [1.54, 1.807) is 17.4 Å².